The van der Waals surface area contributed by atoms with E-state index in [1.54, 1.807) is 0 Å². The van der Waals surface area contributed by atoms with Crippen LogP contribution in [0, 0.1) is 0 Å². The van der Waals surface area contributed by atoms with Gasteiger partial charge in [-0.1, -0.05) is 164 Å². The molecule has 10 aromatic rings. The highest BCUT2D eigenvalue weighted by molar-refractivity contribution is 6.22. The maximum absolute atomic E-state index is 5.33. The number of hydrogen-bond donors (Lipinski definition) is 0. The van der Waals surface area contributed by atoms with Crippen LogP contribution in [0.2, 0.25) is 0 Å². The summed E-state index contributed by atoms with van der Waals surface area (Å²) in [7, 11) is 0. The fraction of sp³-hybridized carbons (Fsp3) is 0. The third-order valence-corrected chi connectivity index (χ3v) is 10.0. The molecule has 0 radical (unpaired) electrons. The fourth-order valence-corrected chi connectivity index (χ4v) is 7.46. The Morgan fingerprint density at radius 3 is 1.51 bits per heavy atom. The van der Waals surface area contributed by atoms with Gasteiger partial charge in [-0.3, -0.25) is 0 Å². The molecule has 0 aliphatic carbocycles. The van der Waals surface area contributed by atoms with E-state index in [9.17, 15) is 0 Å². The molecule has 0 aliphatic heterocycles. The van der Waals surface area contributed by atoms with Crippen LogP contribution in [0.5, 0.6) is 0 Å². The highest BCUT2D eigenvalue weighted by Crippen LogP contribution is 2.41. The van der Waals surface area contributed by atoms with Crippen molar-refractivity contribution >= 4 is 32.7 Å². The summed E-state index contributed by atoms with van der Waals surface area (Å²) < 4.78 is 2.38. The number of rotatable bonds is 6. The first-order chi connectivity index (χ1) is 26.3. The zero-order valence-corrected chi connectivity index (χ0v) is 28.8. The predicted molar refractivity (Wildman–Crippen MR) is 219 cm³/mol. The molecule has 4 nitrogen and oxygen atoms in total. The summed E-state index contributed by atoms with van der Waals surface area (Å²) in [6, 6.07) is 67.8. The number of nitrogens with zero attached hydrogens (tertiary/aromatic N) is 4. The lowest BCUT2D eigenvalue weighted by Crippen LogP contribution is -1.96. The Hall–Kier alpha value is -7.17. The van der Waals surface area contributed by atoms with Gasteiger partial charge in [0, 0.05) is 44.1 Å². The monoisotopic (exact) mass is 676 g/mol. The highest BCUT2D eigenvalue weighted by atomic mass is 15.0. The first-order valence-electron chi connectivity index (χ1n) is 17.9. The minimum atomic E-state index is 0.695. The highest BCUT2D eigenvalue weighted by Gasteiger charge is 2.20. The molecule has 0 unspecified atom stereocenters. The molecule has 0 bridgehead atoms. The number of benzene rings is 7. The molecule has 53 heavy (non-hydrogen) atoms. The van der Waals surface area contributed by atoms with Crippen LogP contribution in [0.3, 0.4) is 0 Å². The van der Waals surface area contributed by atoms with Crippen molar-refractivity contribution in [3.05, 3.63) is 194 Å². The Morgan fingerprint density at radius 1 is 0.358 bits per heavy atom. The number of fused-ring (bicyclic) bond motifs is 5. The van der Waals surface area contributed by atoms with Gasteiger partial charge in [-0.15, -0.1) is 0 Å². The molecule has 0 aliphatic rings. The lowest BCUT2D eigenvalue weighted by atomic mass is 9.99. The van der Waals surface area contributed by atoms with E-state index in [0.717, 1.165) is 72.3 Å². The SMILES string of the molecule is c1ccc(-c2ccc(-c3cc(-c4ccc(-c5nc6ccccc6c6c5c5ccccc5n6-c5ccccc5)cc4)nc(-c4ccccc4)n3)cc2)cc1. The molecule has 4 heteroatoms. The first-order valence-corrected chi connectivity index (χ1v) is 17.9. The molecule has 3 aromatic heterocycles. The second kappa shape index (κ2) is 12.9. The van der Waals surface area contributed by atoms with Crippen molar-refractivity contribution in [1.29, 1.82) is 0 Å². The molecule has 0 saturated heterocycles. The molecule has 0 atom stereocenters. The second-order valence-corrected chi connectivity index (χ2v) is 13.2. The first kappa shape index (κ1) is 30.6. The number of aromatic nitrogens is 4. The van der Waals surface area contributed by atoms with Crippen molar-refractivity contribution in [3.63, 3.8) is 0 Å². The number of pyridine rings is 1. The standard InChI is InChI=1S/C49H32N4/c1-4-14-33(15-5-1)34-24-26-35(27-25-34)43-32-44(52-49(51-43)38-16-6-2-7-17-38)36-28-30-37(31-29-36)47-46-41-21-11-13-23-45(41)53(39-18-8-3-9-19-39)48(46)40-20-10-12-22-42(40)50-47/h1-32H. The molecule has 0 amide bonds. The van der Waals surface area contributed by atoms with Crippen molar-refractivity contribution < 1.29 is 0 Å². The largest absolute Gasteiger partial charge is 0.308 e. The normalized spacial score (nSPS) is 11.4. The molecule has 0 saturated carbocycles. The van der Waals surface area contributed by atoms with Crippen LogP contribution in [0.15, 0.2) is 194 Å². The summed E-state index contributed by atoms with van der Waals surface area (Å²) in [5.74, 6) is 0.695. The van der Waals surface area contributed by atoms with Crippen molar-refractivity contribution in [2.45, 2.75) is 0 Å². The Bertz CT molecular complexity index is 2900. The van der Waals surface area contributed by atoms with Crippen LogP contribution in [-0.4, -0.2) is 19.5 Å². The quantitative estimate of drug-likeness (QED) is 0.176. The number of hydrogen-bond acceptors (Lipinski definition) is 3. The molecule has 248 valence electrons. The van der Waals surface area contributed by atoms with Gasteiger partial charge in [0.25, 0.3) is 0 Å². The van der Waals surface area contributed by atoms with Gasteiger partial charge in [-0.25, -0.2) is 15.0 Å². The maximum Gasteiger partial charge on any atom is 0.160 e. The van der Waals surface area contributed by atoms with Gasteiger partial charge < -0.3 is 4.57 Å². The summed E-state index contributed by atoms with van der Waals surface area (Å²) in [6.45, 7) is 0. The summed E-state index contributed by atoms with van der Waals surface area (Å²) in [6.07, 6.45) is 0. The molecule has 10 rings (SSSR count). The van der Waals surface area contributed by atoms with Crippen LogP contribution >= 0.6 is 0 Å². The van der Waals surface area contributed by atoms with Gasteiger partial charge in [0.2, 0.25) is 0 Å². The van der Waals surface area contributed by atoms with Crippen molar-refractivity contribution in [1.82, 2.24) is 19.5 Å². The zero-order valence-electron chi connectivity index (χ0n) is 28.8. The molecule has 0 N–H and O–H groups in total. The average molecular weight is 677 g/mol. The minimum Gasteiger partial charge on any atom is -0.308 e. The van der Waals surface area contributed by atoms with E-state index in [4.69, 9.17) is 15.0 Å². The molecule has 0 spiro atoms. The van der Waals surface area contributed by atoms with Gasteiger partial charge in [-0.2, -0.15) is 0 Å². The van der Waals surface area contributed by atoms with Crippen LogP contribution in [-0.2, 0) is 0 Å². The molecule has 3 heterocycles. The van der Waals surface area contributed by atoms with Crippen LogP contribution in [0.1, 0.15) is 0 Å². The Morgan fingerprint density at radius 2 is 0.849 bits per heavy atom. The Kier molecular flexibility index (Phi) is 7.43. The van der Waals surface area contributed by atoms with Gasteiger partial charge >= 0.3 is 0 Å². The van der Waals surface area contributed by atoms with Crippen molar-refractivity contribution in [2.75, 3.05) is 0 Å². The van der Waals surface area contributed by atoms with E-state index in [2.05, 4.69) is 174 Å². The van der Waals surface area contributed by atoms with Crippen molar-refractivity contribution in [3.8, 4) is 62.0 Å². The van der Waals surface area contributed by atoms with Crippen LogP contribution in [0.4, 0.5) is 0 Å². The zero-order chi connectivity index (χ0) is 35.1. The topological polar surface area (TPSA) is 43.6 Å². The third kappa shape index (κ3) is 5.45. The number of para-hydroxylation sites is 3. The van der Waals surface area contributed by atoms with Crippen molar-refractivity contribution in [2.24, 2.45) is 0 Å². The van der Waals surface area contributed by atoms with Crippen LogP contribution < -0.4 is 0 Å². The van der Waals surface area contributed by atoms with E-state index in [1.807, 2.05) is 24.3 Å². The molecule has 0 fully saturated rings. The van der Waals surface area contributed by atoms with Gasteiger partial charge in [0.1, 0.15) is 0 Å². The summed E-state index contributed by atoms with van der Waals surface area (Å²) in [5, 5.41) is 3.45. The predicted octanol–water partition coefficient (Wildman–Crippen LogP) is 12.5. The second-order valence-electron chi connectivity index (χ2n) is 13.2. The molecular formula is C49H32N4. The maximum atomic E-state index is 5.33. The summed E-state index contributed by atoms with van der Waals surface area (Å²) >= 11 is 0. The van der Waals surface area contributed by atoms with E-state index in [0.29, 0.717) is 5.82 Å². The van der Waals surface area contributed by atoms with Gasteiger partial charge in [0.15, 0.2) is 5.82 Å². The van der Waals surface area contributed by atoms with E-state index >= 15 is 0 Å². The van der Waals surface area contributed by atoms with Gasteiger partial charge in [-0.05, 0) is 41.5 Å². The Balaban J connectivity index is 1.12. The van der Waals surface area contributed by atoms with E-state index in [1.165, 1.54) is 16.5 Å². The average Bonchev–Trinajstić information content (AvgIpc) is 3.60. The third-order valence-electron chi connectivity index (χ3n) is 10.0. The minimum absolute atomic E-state index is 0.695. The molecule has 7 aromatic carbocycles. The lowest BCUT2D eigenvalue weighted by molar-refractivity contribution is 1.18. The van der Waals surface area contributed by atoms with Gasteiger partial charge in [0.05, 0.1) is 33.6 Å². The van der Waals surface area contributed by atoms with E-state index < -0.39 is 0 Å². The lowest BCUT2D eigenvalue weighted by Gasteiger charge is -2.12. The smallest absolute Gasteiger partial charge is 0.160 e. The fourth-order valence-electron chi connectivity index (χ4n) is 7.46. The van der Waals surface area contributed by atoms with Crippen LogP contribution in [0.25, 0.3) is 94.7 Å². The Labute approximate surface area is 307 Å². The van der Waals surface area contributed by atoms with E-state index in [-0.39, 0.29) is 0 Å². The molecular weight excluding hydrogens is 645 g/mol. The summed E-state index contributed by atoms with van der Waals surface area (Å²) in [5.41, 5.74) is 13.6. The summed E-state index contributed by atoms with van der Waals surface area (Å²) in [4.78, 5) is 15.5.